The molecule has 6 nitrogen and oxygen atoms in total. The quantitative estimate of drug-likeness (QED) is 0.823. The minimum Gasteiger partial charge on any atom is -0.478 e. The first-order chi connectivity index (χ1) is 10.5. The topological polar surface area (TPSA) is 83.6 Å². The Kier molecular flexibility index (Phi) is 4.79. The van der Waals surface area contributed by atoms with Gasteiger partial charge in [0.15, 0.2) is 5.41 Å². The van der Waals surface area contributed by atoms with Crippen molar-refractivity contribution in [1.82, 2.24) is 0 Å². The van der Waals surface area contributed by atoms with Gasteiger partial charge in [0.1, 0.15) is 13.2 Å². The van der Waals surface area contributed by atoms with E-state index in [2.05, 4.69) is 51.5 Å². The zero-order valence-corrected chi connectivity index (χ0v) is 15.1. The van der Waals surface area contributed by atoms with Gasteiger partial charge in [-0.05, 0) is 10.8 Å². The zero-order valence-electron chi connectivity index (χ0n) is 15.1. The van der Waals surface area contributed by atoms with Crippen molar-refractivity contribution in [3.63, 3.8) is 0 Å². The summed E-state index contributed by atoms with van der Waals surface area (Å²) in [6.45, 7) is 12.7. The molecule has 0 amide bonds. The predicted octanol–water partition coefficient (Wildman–Crippen LogP) is 1.64. The molecule has 0 aromatic carbocycles. The molecule has 0 spiro atoms. The lowest BCUT2D eigenvalue weighted by Crippen LogP contribution is -2.46. The van der Waals surface area contributed by atoms with Crippen LogP contribution in [0.2, 0.25) is 0 Å². The molecule has 2 heterocycles. The maximum Gasteiger partial charge on any atom is 0.204 e. The summed E-state index contributed by atoms with van der Waals surface area (Å²) in [5.74, 6) is 0.659. The maximum absolute atomic E-state index is 9.99. The van der Waals surface area contributed by atoms with Crippen molar-refractivity contribution in [3.8, 4) is 0 Å². The molecule has 0 saturated carbocycles. The van der Waals surface area contributed by atoms with E-state index in [1.165, 1.54) is 0 Å². The SMILES string of the molecule is CC(C)(C)[C@H]1COC(C(CO)(CO)C2=N[C@@H](C(C)(C)C)CO2)=N1. The lowest BCUT2D eigenvalue weighted by Gasteiger charge is -2.27. The van der Waals surface area contributed by atoms with Crippen LogP contribution >= 0.6 is 0 Å². The summed E-state index contributed by atoms with van der Waals surface area (Å²) in [5, 5.41) is 20.0. The molecular formula is C17H30N2O4. The van der Waals surface area contributed by atoms with Crippen LogP contribution in [0.5, 0.6) is 0 Å². The summed E-state index contributed by atoms with van der Waals surface area (Å²) < 4.78 is 11.5. The van der Waals surface area contributed by atoms with Crippen LogP contribution in [-0.2, 0) is 9.47 Å². The van der Waals surface area contributed by atoms with Gasteiger partial charge in [0.25, 0.3) is 0 Å². The summed E-state index contributed by atoms with van der Waals surface area (Å²) in [6.07, 6.45) is 0. The lowest BCUT2D eigenvalue weighted by atomic mass is 9.86. The molecule has 2 aliphatic rings. The summed E-state index contributed by atoms with van der Waals surface area (Å²) in [7, 11) is 0. The maximum atomic E-state index is 9.99. The Morgan fingerprint density at radius 1 is 0.826 bits per heavy atom. The number of ether oxygens (including phenoxy) is 2. The number of aliphatic hydroxyl groups is 2. The normalized spacial score (nSPS) is 25.7. The highest BCUT2D eigenvalue weighted by Crippen LogP contribution is 2.35. The van der Waals surface area contributed by atoms with Crippen LogP contribution in [0.4, 0.5) is 0 Å². The highest BCUT2D eigenvalue weighted by molar-refractivity contribution is 6.06. The highest BCUT2D eigenvalue weighted by Gasteiger charge is 2.50. The van der Waals surface area contributed by atoms with Crippen molar-refractivity contribution in [2.24, 2.45) is 26.2 Å². The fourth-order valence-corrected chi connectivity index (χ4v) is 2.57. The highest BCUT2D eigenvalue weighted by atomic mass is 16.5. The van der Waals surface area contributed by atoms with Gasteiger partial charge < -0.3 is 19.7 Å². The molecule has 0 bridgehead atoms. The molecule has 0 fully saturated rings. The van der Waals surface area contributed by atoms with E-state index in [1.807, 2.05) is 0 Å². The van der Waals surface area contributed by atoms with Crippen molar-refractivity contribution in [1.29, 1.82) is 0 Å². The van der Waals surface area contributed by atoms with Gasteiger partial charge in [0.2, 0.25) is 11.8 Å². The molecule has 2 rings (SSSR count). The minimum absolute atomic E-state index is 0.0182. The van der Waals surface area contributed by atoms with Crippen LogP contribution in [0.15, 0.2) is 9.98 Å². The molecule has 0 aliphatic carbocycles. The van der Waals surface area contributed by atoms with Crippen molar-refractivity contribution in [2.45, 2.75) is 53.6 Å². The van der Waals surface area contributed by atoms with Crippen LogP contribution in [-0.4, -0.2) is 60.5 Å². The molecule has 132 valence electrons. The molecule has 0 aromatic heterocycles. The van der Waals surface area contributed by atoms with E-state index in [0.29, 0.717) is 25.0 Å². The van der Waals surface area contributed by atoms with E-state index >= 15 is 0 Å². The first kappa shape index (κ1) is 18.2. The van der Waals surface area contributed by atoms with Crippen molar-refractivity contribution in [2.75, 3.05) is 26.4 Å². The molecule has 0 radical (unpaired) electrons. The lowest BCUT2D eigenvalue weighted by molar-refractivity contribution is 0.113. The van der Waals surface area contributed by atoms with E-state index in [9.17, 15) is 10.2 Å². The van der Waals surface area contributed by atoms with E-state index < -0.39 is 5.41 Å². The summed E-state index contributed by atoms with van der Waals surface area (Å²) in [5.41, 5.74) is -1.30. The Balaban J connectivity index is 2.35. The molecular weight excluding hydrogens is 296 g/mol. The predicted molar refractivity (Wildman–Crippen MR) is 89.9 cm³/mol. The monoisotopic (exact) mass is 326 g/mol. The minimum atomic E-state index is -1.19. The van der Waals surface area contributed by atoms with Gasteiger partial charge in [-0.3, -0.25) is 0 Å². The molecule has 2 N–H and O–H groups in total. The molecule has 0 unspecified atom stereocenters. The van der Waals surface area contributed by atoms with Crippen LogP contribution in [0.1, 0.15) is 41.5 Å². The summed E-state index contributed by atoms with van der Waals surface area (Å²) in [6, 6.07) is -0.0363. The zero-order chi connectivity index (χ0) is 17.5. The fourth-order valence-electron chi connectivity index (χ4n) is 2.57. The standard InChI is InChI=1S/C17H30N2O4/c1-15(2,3)11-7-22-13(18-11)17(9-20,10-21)14-19-12(8-23-14)16(4,5)6/h11-12,20-21H,7-10H2,1-6H3/t11-,12-/m1/s1. The molecule has 0 aromatic rings. The van der Waals surface area contributed by atoms with Crippen LogP contribution in [0.3, 0.4) is 0 Å². The number of rotatable bonds is 4. The molecule has 6 heteroatoms. The average molecular weight is 326 g/mol. The van der Waals surface area contributed by atoms with Gasteiger partial charge in [-0.1, -0.05) is 41.5 Å². The Hall–Kier alpha value is -1.14. The smallest absolute Gasteiger partial charge is 0.204 e. The van der Waals surface area contributed by atoms with Gasteiger partial charge in [0.05, 0.1) is 25.3 Å². The number of aliphatic hydroxyl groups excluding tert-OH is 2. The van der Waals surface area contributed by atoms with E-state index in [0.717, 1.165) is 0 Å². The number of nitrogens with zero attached hydrogens (tertiary/aromatic N) is 2. The van der Waals surface area contributed by atoms with Gasteiger partial charge >= 0.3 is 0 Å². The second-order valence-corrected chi connectivity index (χ2v) is 8.65. The largest absolute Gasteiger partial charge is 0.478 e. The summed E-state index contributed by atoms with van der Waals surface area (Å²) >= 11 is 0. The van der Waals surface area contributed by atoms with E-state index in [4.69, 9.17) is 9.47 Å². The van der Waals surface area contributed by atoms with Gasteiger partial charge in [-0.25, -0.2) is 9.98 Å². The fraction of sp³-hybridized carbons (Fsp3) is 0.882. The van der Waals surface area contributed by atoms with E-state index in [1.54, 1.807) is 0 Å². The Labute approximate surface area is 138 Å². The first-order valence-electron chi connectivity index (χ1n) is 8.18. The van der Waals surface area contributed by atoms with E-state index in [-0.39, 0.29) is 36.1 Å². The number of hydrogen-bond donors (Lipinski definition) is 2. The first-order valence-corrected chi connectivity index (χ1v) is 8.18. The molecule has 2 aliphatic heterocycles. The Bertz CT molecular complexity index is 454. The van der Waals surface area contributed by atoms with Crippen molar-refractivity contribution in [3.05, 3.63) is 0 Å². The average Bonchev–Trinajstić information content (AvgIpc) is 3.08. The van der Waals surface area contributed by atoms with Crippen molar-refractivity contribution < 1.29 is 19.7 Å². The molecule has 2 atom stereocenters. The Morgan fingerprint density at radius 2 is 1.17 bits per heavy atom. The number of aliphatic imine (C=N–C) groups is 2. The third-order valence-corrected chi connectivity index (χ3v) is 4.66. The van der Waals surface area contributed by atoms with Gasteiger partial charge in [-0.15, -0.1) is 0 Å². The summed E-state index contributed by atoms with van der Waals surface area (Å²) in [4.78, 5) is 9.24. The second kappa shape index (κ2) is 6.06. The van der Waals surface area contributed by atoms with Crippen molar-refractivity contribution >= 4 is 11.8 Å². The molecule has 0 saturated heterocycles. The Morgan fingerprint density at radius 3 is 1.39 bits per heavy atom. The van der Waals surface area contributed by atoms with Gasteiger partial charge in [0, 0.05) is 0 Å². The van der Waals surface area contributed by atoms with Crippen LogP contribution in [0.25, 0.3) is 0 Å². The van der Waals surface area contributed by atoms with Crippen LogP contribution in [0, 0.1) is 16.2 Å². The number of hydrogen-bond acceptors (Lipinski definition) is 6. The second-order valence-electron chi connectivity index (χ2n) is 8.65. The van der Waals surface area contributed by atoms with Crippen LogP contribution < -0.4 is 0 Å². The molecule has 23 heavy (non-hydrogen) atoms. The van der Waals surface area contributed by atoms with Gasteiger partial charge in [-0.2, -0.15) is 0 Å². The third kappa shape index (κ3) is 3.38. The third-order valence-electron chi connectivity index (χ3n) is 4.66.